The van der Waals surface area contributed by atoms with Crippen LogP contribution >= 0.6 is 22.7 Å². The summed E-state index contributed by atoms with van der Waals surface area (Å²) in [7, 11) is 0. The van der Waals surface area contributed by atoms with Crippen molar-refractivity contribution in [3.05, 3.63) is 57.9 Å². The van der Waals surface area contributed by atoms with Crippen LogP contribution in [0.2, 0.25) is 0 Å². The van der Waals surface area contributed by atoms with Crippen molar-refractivity contribution in [1.29, 1.82) is 0 Å². The molecule has 0 saturated carbocycles. The van der Waals surface area contributed by atoms with Crippen LogP contribution in [0.25, 0.3) is 11.3 Å². The lowest BCUT2D eigenvalue weighted by atomic mass is 10.2. The molecule has 1 N–H and O–H groups in total. The van der Waals surface area contributed by atoms with E-state index in [2.05, 4.69) is 15.5 Å². The van der Waals surface area contributed by atoms with Crippen molar-refractivity contribution in [1.82, 2.24) is 4.98 Å². The number of benzene rings is 1. The first-order chi connectivity index (χ1) is 10.2. The van der Waals surface area contributed by atoms with E-state index in [1.165, 1.54) is 23.5 Å². The quantitative estimate of drug-likeness (QED) is 0.552. The molecule has 0 saturated heterocycles. The Kier molecular flexibility index (Phi) is 4.08. The number of anilines is 1. The summed E-state index contributed by atoms with van der Waals surface area (Å²) in [5, 5.41) is 8.98. The van der Waals surface area contributed by atoms with Gasteiger partial charge in [0, 0.05) is 15.8 Å². The molecule has 3 nitrogen and oxygen atoms in total. The number of hydrogen-bond donors (Lipinski definition) is 1. The molecule has 0 unspecified atom stereocenters. The predicted molar refractivity (Wildman–Crippen MR) is 87.7 cm³/mol. The van der Waals surface area contributed by atoms with Gasteiger partial charge in [-0.25, -0.2) is 9.37 Å². The number of thiazole rings is 1. The maximum Gasteiger partial charge on any atom is 0.203 e. The van der Waals surface area contributed by atoms with Gasteiger partial charge < -0.3 is 0 Å². The van der Waals surface area contributed by atoms with Crippen molar-refractivity contribution in [3.8, 4) is 11.3 Å². The lowest BCUT2D eigenvalue weighted by molar-refractivity contribution is 0.628. The van der Waals surface area contributed by atoms with Gasteiger partial charge in [-0.2, -0.15) is 5.10 Å². The molecule has 2 aromatic heterocycles. The summed E-state index contributed by atoms with van der Waals surface area (Å²) >= 11 is 3.11. The maximum absolute atomic E-state index is 12.9. The summed E-state index contributed by atoms with van der Waals surface area (Å²) in [6.45, 7) is 1.95. The van der Waals surface area contributed by atoms with Crippen molar-refractivity contribution in [3.63, 3.8) is 0 Å². The number of thiophene rings is 1. The van der Waals surface area contributed by atoms with Crippen molar-refractivity contribution >= 4 is 33.5 Å². The molecule has 0 aliphatic heterocycles. The molecule has 3 rings (SSSR count). The Morgan fingerprint density at radius 2 is 2.00 bits per heavy atom. The van der Waals surface area contributed by atoms with E-state index >= 15 is 0 Å². The van der Waals surface area contributed by atoms with E-state index in [4.69, 9.17) is 0 Å². The molecule has 106 valence electrons. The second-order valence-electron chi connectivity index (χ2n) is 4.33. The smallest absolute Gasteiger partial charge is 0.203 e. The Morgan fingerprint density at radius 1 is 1.19 bits per heavy atom. The summed E-state index contributed by atoms with van der Waals surface area (Å²) in [6, 6.07) is 10.3. The molecule has 21 heavy (non-hydrogen) atoms. The number of halogens is 1. The van der Waals surface area contributed by atoms with Crippen LogP contribution in [0.4, 0.5) is 9.52 Å². The van der Waals surface area contributed by atoms with E-state index in [1.54, 1.807) is 23.5 Å². The molecule has 0 fully saturated rings. The van der Waals surface area contributed by atoms with Gasteiger partial charge in [0.25, 0.3) is 0 Å². The van der Waals surface area contributed by atoms with E-state index in [9.17, 15) is 4.39 Å². The van der Waals surface area contributed by atoms with Crippen LogP contribution in [-0.2, 0) is 0 Å². The highest BCUT2D eigenvalue weighted by Gasteiger charge is 2.05. The normalized spacial score (nSPS) is 11.6. The fraction of sp³-hybridized carbons (Fsp3) is 0.0667. The van der Waals surface area contributed by atoms with Crippen LogP contribution in [0.3, 0.4) is 0 Å². The highest BCUT2D eigenvalue weighted by Crippen LogP contribution is 2.25. The predicted octanol–water partition coefficient (Wildman–Crippen LogP) is 4.85. The monoisotopic (exact) mass is 317 g/mol. The summed E-state index contributed by atoms with van der Waals surface area (Å²) in [6.07, 6.45) is 0. The molecule has 0 bridgehead atoms. The lowest BCUT2D eigenvalue weighted by Crippen LogP contribution is -1.96. The molecule has 0 aliphatic rings. The van der Waals surface area contributed by atoms with Crippen molar-refractivity contribution < 1.29 is 4.39 Å². The van der Waals surface area contributed by atoms with Gasteiger partial charge in [0.1, 0.15) is 5.82 Å². The third kappa shape index (κ3) is 3.34. The fourth-order valence-electron chi connectivity index (χ4n) is 1.75. The minimum Gasteiger partial charge on any atom is -0.252 e. The average molecular weight is 317 g/mol. The van der Waals surface area contributed by atoms with E-state index in [1.807, 2.05) is 29.8 Å². The second kappa shape index (κ2) is 6.15. The van der Waals surface area contributed by atoms with Crippen LogP contribution < -0.4 is 5.43 Å². The zero-order valence-electron chi connectivity index (χ0n) is 11.2. The first-order valence-corrected chi connectivity index (χ1v) is 8.04. The number of hydrogen-bond acceptors (Lipinski definition) is 5. The Hall–Kier alpha value is -2.05. The Bertz CT molecular complexity index is 746. The molecular formula is C15H12FN3S2. The summed E-state index contributed by atoms with van der Waals surface area (Å²) in [5.74, 6) is -0.247. The molecule has 6 heteroatoms. The van der Waals surface area contributed by atoms with Crippen molar-refractivity contribution in [2.75, 3.05) is 5.43 Å². The van der Waals surface area contributed by atoms with Crippen molar-refractivity contribution in [2.24, 2.45) is 5.10 Å². The van der Waals surface area contributed by atoms with E-state index in [0.717, 1.165) is 21.8 Å². The largest absolute Gasteiger partial charge is 0.252 e. The first-order valence-electron chi connectivity index (χ1n) is 6.28. The number of nitrogens with zero attached hydrogens (tertiary/aromatic N) is 2. The second-order valence-corrected chi connectivity index (χ2v) is 6.14. The molecule has 0 amide bonds. The molecular weight excluding hydrogens is 305 g/mol. The zero-order chi connectivity index (χ0) is 14.7. The number of nitrogens with one attached hydrogen (secondary N) is 1. The molecule has 3 aromatic rings. The Labute approximate surface area is 129 Å². The average Bonchev–Trinajstić information content (AvgIpc) is 3.17. The van der Waals surface area contributed by atoms with Crippen LogP contribution in [0, 0.1) is 5.82 Å². The number of aromatic nitrogens is 1. The van der Waals surface area contributed by atoms with Gasteiger partial charge in [-0.15, -0.1) is 22.7 Å². The van der Waals surface area contributed by atoms with Gasteiger partial charge in [0.2, 0.25) is 5.13 Å². The van der Waals surface area contributed by atoms with Gasteiger partial charge in [-0.3, -0.25) is 5.43 Å². The Morgan fingerprint density at radius 3 is 2.71 bits per heavy atom. The molecule has 1 aromatic carbocycles. The summed E-state index contributed by atoms with van der Waals surface area (Å²) in [4.78, 5) is 5.57. The van der Waals surface area contributed by atoms with Crippen LogP contribution in [0.1, 0.15) is 11.8 Å². The van der Waals surface area contributed by atoms with Crippen molar-refractivity contribution in [2.45, 2.75) is 6.92 Å². The van der Waals surface area contributed by atoms with Gasteiger partial charge in [0.05, 0.1) is 11.4 Å². The highest BCUT2D eigenvalue weighted by molar-refractivity contribution is 7.14. The number of rotatable bonds is 4. The van der Waals surface area contributed by atoms with Gasteiger partial charge in [-0.05, 0) is 42.6 Å². The first kappa shape index (κ1) is 13.9. The van der Waals surface area contributed by atoms with E-state index in [0.29, 0.717) is 5.13 Å². The van der Waals surface area contributed by atoms with Crippen LogP contribution in [-0.4, -0.2) is 10.7 Å². The van der Waals surface area contributed by atoms with Gasteiger partial charge in [0.15, 0.2) is 0 Å². The highest BCUT2D eigenvalue weighted by atomic mass is 32.1. The number of hydrazone groups is 1. The SMILES string of the molecule is C/C(=N\Nc1nc(-c2ccc(F)cc2)cs1)c1cccs1. The molecule has 0 aliphatic carbocycles. The standard InChI is InChI=1S/C15H12FN3S2/c1-10(14-3-2-8-20-14)18-19-15-17-13(9-21-15)11-4-6-12(16)7-5-11/h2-9H,1H3,(H,17,19)/b18-10+. The molecule has 2 heterocycles. The minimum absolute atomic E-state index is 0.247. The molecule has 0 spiro atoms. The zero-order valence-corrected chi connectivity index (χ0v) is 12.8. The Balaban J connectivity index is 1.73. The summed E-state index contributed by atoms with van der Waals surface area (Å²) in [5.41, 5.74) is 5.58. The van der Waals surface area contributed by atoms with E-state index in [-0.39, 0.29) is 5.82 Å². The topological polar surface area (TPSA) is 37.3 Å². The minimum atomic E-state index is -0.247. The maximum atomic E-state index is 12.9. The van der Waals surface area contributed by atoms with E-state index < -0.39 is 0 Å². The third-order valence-corrected chi connectivity index (χ3v) is 4.57. The molecule has 0 radical (unpaired) electrons. The fourth-order valence-corrected chi connectivity index (χ4v) is 3.09. The summed E-state index contributed by atoms with van der Waals surface area (Å²) < 4.78 is 12.9. The molecule has 0 atom stereocenters. The van der Waals surface area contributed by atoms with Crippen LogP contribution in [0.5, 0.6) is 0 Å². The van der Waals surface area contributed by atoms with Gasteiger partial charge in [-0.1, -0.05) is 6.07 Å². The van der Waals surface area contributed by atoms with Gasteiger partial charge >= 0.3 is 0 Å². The third-order valence-electron chi connectivity index (χ3n) is 2.84. The lowest BCUT2D eigenvalue weighted by Gasteiger charge is -1.98. The van der Waals surface area contributed by atoms with Crippen LogP contribution in [0.15, 0.2) is 52.3 Å².